The monoisotopic (exact) mass is 290 g/mol. The van der Waals surface area contributed by atoms with Gasteiger partial charge in [0.15, 0.2) is 0 Å². The van der Waals surface area contributed by atoms with Crippen LogP contribution in [0.2, 0.25) is 0 Å². The molecule has 1 aliphatic heterocycles. The average Bonchev–Trinajstić information content (AvgIpc) is 2.96. The van der Waals surface area contributed by atoms with Crippen LogP contribution in [0.1, 0.15) is 25.8 Å². The van der Waals surface area contributed by atoms with Gasteiger partial charge in [-0.25, -0.2) is 4.98 Å². The highest BCUT2D eigenvalue weighted by Gasteiger charge is 2.31. The number of H-pyrrole nitrogens is 2. The summed E-state index contributed by atoms with van der Waals surface area (Å²) in [5.41, 5.74) is 2.10. The van der Waals surface area contributed by atoms with Crippen molar-refractivity contribution in [3.8, 4) is 0 Å². The van der Waals surface area contributed by atoms with Crippen LogP contribution in [0.4, 0.5) is 0 Å². The number of nitrogens with one attached hydrogen (secondary N) is 2. The summed E-state index contributed by atoms with van der Waals surface area (Å²) in [5.74, 6) is 0.935. The molecule has 0 bridgehead atoms. The second kappa shape index (κ2) is 5.61. The first-order chi connectivity index (χ1) is 10.0. The molecule has 1 aliphatic rings. The maximum Gasteiger partial charge on any atom is 0.275 e. The minimum atomic E-state index is -0.256. The van der Waals surface area contributed by atoms with Gasteiger partial charge < -0.3 is 15.1 Å². The molecule has 114 valence electrons. The van der Waals surface area contributed by atoms with E-state index in [0.29, 0.717) is 30.4 Å². The molecule has 0 unspecified atom stereocenters. The van der Waals surface area contributed by atoms with Crippen molar-refractivity contribution in [2.75, 3.05) is 13.1 Å². The summed E-state index contributed by atoms with van der Waals surface area (Å²) in [7, 11) is 0. The van der Waals surface area contributed by atoms with E-state index in [1.807, 2.05) is 6.20 Å². The molecule has 0 aromatic carbocycles. The van der Waals surface area contributed by atoms with Gasteiger partial charge >= 0.3 is 0 Å². The number of likely N-dealkylation sites (tertiary alicyclic amines) is 1. The Kier molecular flexibility index (Phi) is 3.82. The molecule has 6 heteroatoms. The van der Waals surface area contributed by atoms with Gasteiger partial charge in [-0.2, -0.15) is 0 Å². The molecule has 2 aromatic heterocycles. The second-order valence-electron chi connectivity index (χ2n) is 6.42. The second-order valence-corrected chi connectivity index (χ2v) is 6.42. The normalized spacial score (nSPS) is 23.4. The molecule has 2 aromatic rings. The first-order valence-electron chi connectivity index (χ1n) is 7.48. The van der Waals surface area contributed by atoms with Gasteiger partial charge in [-0.1, -0.05) is 13.8 Å². The zero-order chi connectivity index (χ0) is 15.0. The lowest BCUT2D eigenvalue weighted by Crippen LogP contribution is -2.21. The fourth-order valence-corrected chi connectivity index (χ4v) is 3.27. The van der Waals surface area contributed by atoms with Crippen LogP contribution in [0, 0.1) is 11.8 Å². The highest BCUT2D eigenvalue weighted by molar-refractivity contribution is 5.77. The standard InChI is InChI=1S/C15H22N4O2/c1-9(2)3-10-5-19(7-12(10)20)6-11-4-16-14-13(11)17-8-18-15(14)21/h4,8-10,12,16,20H,3,5-7H2,1-2H3,(H,17,18,21)/t10-,12-/m0/s1. The first-order valence-corrected chi connectivity index (χ1v) is 7.48. The number of rotatable bonds is 4. The van der Waals surface area contributed by atoms with Crippen LogP contribution >= 0.6 is 0 Å². The van der Waals surface area contributed by atoms with Crippen molar-refractivity contribution < 1.29 is 5.11 Å². The smallest absolute Gasteiger partial charge is 0.275 e. The van der Waals surface area contributed by atoms with Crippen molar-refractivity contribution >= 4 is 11.0 Å². The van der Waals surface area contributed by atoms with Crippen molar-refractivity contribution in [1.29, 1.82) is 0 Å². The number of aromatic nitrogens is 3. The van der Waals surface area contributed by atoms with Crippen LogP contribution in [0.15, 0.2) is 17.3 Å². The molecular formula is C15H22N4O2. The lowest BCUT2D eigenvalue weighted by molar-refractivity contribution is 0.131. The Labute approximate surface area is 123 Å². The minimum absolute atomic E-state index is 0.148. The van der Waals surface area contributed by atoms with E-state index >= 15 is 0 Å². The molecule has 0 aliphatic carbocycles. The number of β-amino-alcohol motifs (C(OH)–C–C–N with tert-alkyl or cyclic N) is 1. The molecule has 0 amide bonds. The van der Waals surface area contributed by atoms with Gasteiger partial charge in [-0.3, -0.25) is 9.69 Å². The first kappa shape index (κ1) is 14.3. The largest absolute Gasteiger partial charge is 0.391 e. The van der Waals surface area contributed by atoms with E-state index in [1.54, 1.807) is 0 Å². The Hall–Kier alpha value is -1.66. The molecule has 3 rings (SSSR count). The Morgan fingerprint density at radius 2 is 2.24 bits per heavy atom. The summed E-state index contributed by atoms with van der Waals surface area (Å²) in [6, 6.07) is 0. The predicted octanol–water partition coefficient (Wildman–Crippen LogP) is 1.09. The van der Waals surface area contributed by atoms with Crippen molar-refractivity contribution in [1.82, 2.24) is 19.9 Å². The van der Waals surface area contributed by atoms with E-state index in [0.717, 1.165) is 24.0 Å². The van der Waals surface area contributed by atoms with E-state index < -0.39 is 0 Å². The zero-order valence-electron chi connectivity index (χ0n) is 12.5. The zero-order valence-corrected chi connectivity index (χ0v) is 12.5. The Bertz CT molecular complexity index is 676. The molecule has 21 heavy (non-hydrogen) atoms. The number of aliphatic hydroxyl groups excluding tert-OH is 1. The molecule has 1 fully saturated rings. The number of nitrogens with zero attached hydrogens (tertiary/aromatic N) is 2. The fourth-order valence-electron chi connectivity index (χ4n) is 3.27. The fraction of sp³-hybridized carbons (Fsp3) is 0.600. The topological polar surface area (TPSA) is 85.0 Å². The van der Waals surface area contributed by atoms with Gasteiger partial charge in [-0.05, 0) is 18.3 Å². The van der Waals surface area contributed by atoms with Gasteiger partial charge in [0.25, 0.3) is 5.56 Å². The van der Waals surface area contributed by atoms with Gasteiger partial charge in [0, 0.05) is 31.4 Å². The Morgan fingerprint density at radius 1 is 1.43 bits per heavy atom. The summed E-state index contributed by atoms with van der Waals surface area (Å²) in [6.45, 7) is 6.67. The maximum atomic E-state index is 11.7. The average molecular weight is 290 g/mol. The van der Waals surface area contributed by atoms with Crippen LogP contribution in [0.5, 0.6) is 0 Å². The van der Waals surface area contributed by atoms with Crippen LogP contribution < -0.4 is 5.56 Å². The quantitative estimate of drug-likeness (QED) is 0.787. The summed E-state index contributed by atoms with van der Waals surface area (Å²) in [4.78, 5) is 23.7. The lowest BCUT2D eigenvalue weighted by atomic mass is 9.95. The lowest BCUT2D eigenvalue weighted by Gasteiger charge is -2.16. The van der Waals surface area contributed by atoms with Gasteiger partial charge in [0.1, 0.15) is 5.52 Å². The molecule has 2 atom stereocenters. The third kappa shape index (κ3) is 2.87. The number of hydrogen-bond acceptors (Lipinski definition) is 4. The van der Waals surface area contributed by atoms with E-state index in [4.69, 9.17) is 0 Å². The highest BCUT2D eigenvalue weighted by Crippen LogP contribution is 2.26. The van der Waals surface area contributed by atoms with E-state index in [9.17, 15) is 9.90 Å². The summed E-state index contributed by atoms with van der Waals surface area (Å²) >= 11 is 0. The molecule has 0 radical (unpaired) electrons. The number of aromatic amines is 2. The van der Waals surface area contributed by atoms with Crippen LogP contribution in [-0.2, 0) is 6.54 Å². The molecule has 3 heterocycles. The van der Waals surface area contributed by atoms with Crippen LogP contribution in [-0.4, -0.2) is 44.2 Å². The molecule has 0 spiro atoms. The summed E-state index contributed by atoms with van der Waals surface area (Å²) < 4.78 is 0. The Balaban J connectivity index is 1.75. The van der Waals surface area contributed by atoms with Crippen molar-refractivity contribution in [3.05, 3.63) is 28.4 Å². The number of aliphatic hydroxyl groups is 1. The number of hydrogen-bond donors (Lipinski definition) is 3. The SMILES string of the molecule is CC(C)C[C@H]1CN(Cc2c[nH]c3c(=O)[nH]cnc23)C[C@@H]1O. The minimum Gasteiger partial charge on any atom is -0.391 e. The number of fused-ring (bicyclic) bond motifs is 1. The van der Waals surface area contributed by atoms with Gasteiger partial charge in [0.2, 0.25) is 0 Å². The third-order valence-corrected chi connectivity index (χ3v) is 4.20. The Morgan fingerprint density at radius 3 is 3.00 bits per heavy atom. The molecule has 6 nitrogen and oxygen atoms in total. The molecular weight excluding hydrogens is 268 g/mol. The maximum absolute atomic E-state index is 11.7. The van der Waals surface area contributed by atoms with Crippen LogP contribution in [0.25, 0.3) is 11.0 Å². The highest BCUT2D eigenvalue weighted by atomic mass is 16.3. The predicted molar refractivity (Wildman–Crippen MR) is 80.9 cm³/mol. The molecule has 3 N–H and O–H groups in total. The molecule has 1 saturated heterocycles. The van der Waals surface area contributed by atoms with Gasteiger partial charge in [0.05, 0.1) is 17.9 Å². The van der Waals surface area contributed by atoms with Crippen molar-refractivity contribution in [2.24, 2.45) is 11.8 Å². The summed E-state index contributed by atoms with van der Waals surface area (Å²) in [6.07, 6.45) is 4.06. The third-order valence-electron chi connectivity index (χ3n) is 4.20. The van der Waals surface area contributed by atoms with Crippen molar-refractivity contribution in [3.63, 3.8) is 0 Å². The summed E-state index contributed by atoms with van der Waals surface area (Å²) in [5, 5.41) is 10.2. The van der Waals surface area contributed by atoms with Crippen molar-refractivity contribution in [2.45, 2.75) is 32.9 Å². The van der Waals surface area contributed by atoms with E-state index in [-0.39, 0.29) is 11.7 Å². The van der Waals surface area contributed by atoms with Gasteiger partial charge in [-0.15, -0.1) is 0 Å². The molecule has 0 saturated carbocycles. The van der Waals surface area contributed by atoms with E-state index in [2.05, 4.69) is 33.7 Å². The van der Waals surface area contributed by atoms with E-state index in [1.165, 1.54) is 6.33 Å². The van der Waals surface area contributed by atoms with Crippen LogP contribution in [0.3, 0.4) is 0 Å².